The van der Waals surface area contributed by atoms with Gasteiger partial charge in [0, 0.05) is 48.2 Å². The highest BCUT2D eigenvalue weighted by atomic mass is 33.1. The Morgan fingerprint density at radius 3 is 2.29 bits per heavy atom. The molecule has 19 heteroatoms. The van der Waals surface area contributed by atoms with E-state index in [0.29, 0.717) is 40.4 Å². The van der Waals surface area contributed by atoms with Crippen molar-refractivity contribution in [1.82, 2.24) is 5.48 Å². The zero-order valence-corrected chi connectivity index (χ0v) is 43.9. The van der Waals surface area contributed by atoms with Crippen LogP contribution in [0.25, 0.3) is 0 Å². The molecule has 0 radical (unpaired) electrons. The third kappa shape index (κ3) is 13.3. The lowest BCUT2D eigenvalue weighted by atomic mass is 9.80. The van der Waals surface area contributed by atoms with Gasteiger partial charge in [0.05, 0.1) is 55.9 Å². The number of allylic oxidation sites excluding steroid dienone is 3. The number of nitrogens with one attached hydrogen (secondary N) is 1. The predicted octanol–water partition coefficient (Wildman–Crippen LogP) is 5.98. The molecule has 0 aromatic heterocycles. The molecule has 3 aliphatic heterocycles. The van der Waals surface area contributed by atoms with Crippen molar-refractivity contribution in [3.05, 3.63) is 51.8 Å². The highest BCUT2D eigenvalue weighted by Crippen LogP contribution is 2.48. The molecule has 1 saturated carbocycles. The summed E-state index contributed by atoms with van der Waals surface area (Å²) in [7, 11) is 7.96. The normalized spacial score (nSPS) is 32.9. The van der Waals surface area contributed by atoms with Gasteiger partial charge < -0.3 is 58.9 Å². The Hall–Kier alpha value is -3.25. The molecule has 8 unspecified atom stereocenters. The second-order valence-electron chi connectivity index (χ2n) is 18.3. The Kier molecular flexibility index (Phi) is 20.9. The number of rotatable bonds is 17. The number of carbonyl (C=O) groups excluding carboxylic acids is 2. The summed E-state index contributed by atoms with van der Waals surface area (Å²) in [6.45, 7) is 10.9. The SMILES string of the molecule is C#C/C=C\C#C[C@H](OC1CC(O)[C@H](NOC2CC[C@H](SC(=O)c3c(C)c(C)c(OC4O[C@@H](C)C(O)[C@@H](OC)[C@H]4O)c(OC)c3OC)C(C)O2)C(C)O1)C1=C(N)C(=O)CC(C)/C1=C/CSSC1CCCC1. The van der Waals surface area contributed by atoms with Crippen LogP contribution in [0.15, 0.2) is 35.1 Å². The van der Waals surface area contributed by atoms with Crippen molar-refractivity contribution in [3.8, 4) is 41.4 Å². The summed E-state index contributed by atoms with van der Waals surface area (Å²) in [4.78, 5) is 33.4. The molecule has 0 spiro atoms. The van der Waals surface area contributed by atoms with Gasteiger partial charge in [-0.2, -0.15) is 5.48 Å². The van der Waals surface area contributed by atoms with E-state index in [1.807, 2.05) is 24.6 Å². The van der Waals surface area contributed by atoms with Crippen molar-refractivity contribution in [3.63, 3.8) is 0 Å². The first-order chi connectivity index (χ1) is 33.5. The van der Waals surface area contributed by atoms with Crippen molar-refractivity contribution in [1.29, 1.82) is 0 Å². The molecular weight excluding hydrogens is 961 g/mol. The van der Waals surface area contributed by atoms with Gasteiger partial charge in [0.1, 0.15) is 24.4 Å². The van der Waals surface area contributed by atoms with Crippen molar-refractivity contribution < 1.29 is 67.6 Å². The number of hydroxylamine groups is 1. The van der Waals surface area contributed by atoms with E-state index in [-0.39, 0.29) is 57.9 Å². The fraction of sp³-hybridized carbons (Fsp3) is 0.647. The lowest BCUT2D eigenvalue weighted by Crippen LogP contribution is -2.59. The Morgan fingerprint density at radius 2 is 1.63 bits per heavy atom. The highest BCUT2D eigenvalue weighted by molar-refractivity contribution is 8.77. The van der Waals surface area contributed by atoms with Crippen molar-refractivity contribution in [2.24, 2.45) is 11.7 Å². The summed E-state index contributed by atoms with van der Waals surface area (Å²) in [6, 6.07) is -0.661. The van der Waals surface area contributed by atoms with Crippen molar-refractivity contribution in [2.75, 3.05) is 27.1 Å². The van der Waals surface area contributed by atoms with E-state index >= 15 is 0 Å². The predicted molar refractivity (Wildman–Crippen MR) is 270 cm³/mol. The minimum absolute atomic E-state index is 0.0598. The lowest BCUT2D eigenvalue weighted by Gasteiger charge is -2.41. The molecule has 3 saturated heterocycles. The molecule has 5 aliphatic rings. The first-order valence-electron chi connectivity index (χ1n) is 23.9. The number of ether oxygens (including phenoxy) is 8. The number of aliphatic hydroxyl groups is 3. The average Bonchev–Trinajstić information content (AvgIpc) is 3.85. The number of terminal acetylenes is 1. The molecule has 0 bridgehead atoms. The number of ketones is 1. The number of nitrogens with two attached hydrogens (primary N) is 1. The molecule has 3 heterocycles. The minimum atomic E-state index is -1.33. The number of thioether (sulfide) groups is 1. The quantitative estimate of drug-likeness (QED) is 0.0525. The summed E-state index contributed by atoms with van der Waals surface area (Å²) in [5.41, 5.74) is 12.5. The van der Waals surface area contributed by atoms with Gasteiger partial charge >= 0.3 is 0 Å². The van der Waals surface area contributed by atoms with Crippen LogP contribution in [0.1, 0.15) is 101 Å². The van der Waals surface area contributed by atoms with Crippen LogP contribution in [-0.4, -0.2) is 138 Å². The van der Waals surface area contributed by atoms with Crippen LogP contribution in [0.5, 0.6) is 17.2 Å². The van der Waals surface area contributed by atoms with Crippen LogP contribution in [0.4, 0.5) is 0 Å². The summed E-state index contributed by atoms with van der Waals surface area (Å²) < 4.78 is 48.0. The number of methoxy groups -OCH3 is 3. The van der Waals surface area contributed by atoms with E-state index in [9.17, 15) is 24.9 Å². The van der Waals surface area contributed by atoms with E-state index < -0.39 is 73.7 Å². The number of aliphatic hydroxyl groups excluding tert-OH is 3. The molecule has 2 aliphatic carbocycles. The Balaban J connectivity index is 1.06. The van der Waals surface area contributed by atoms with E-state index in [2.05, 4.69) is 29.3 Å². The minimum Gasteiger partial charge on any atom is -0.492 e. The molecule has 6 rings (SSSR count). The van der Waals surface area contributed by atoms with Gasteiger partial charge in [-0.3, -0.25) is 14.4 Å². The average molecular weight is 1030 g/mol. The monoisotopic (exact) mass is 1030 g/mol. The second kappa shape index (κ2) is 26.1. The van der Waals surface area contributed by atoms with Crippen molar-refractivity contribution in [2.45, 2.75) is 177 Å². The topological polar surface area (TPSA) is 216 Å². The van der Waals surface area contributed by atoms with Gasteiger partial charge in [-0.05, 0) is 88.7 Å². The molecule has 70 heavy (non-hydrogen) atoms. The number of benzene rings is 1. The molecular formula is C51H70N2O14S3. The molecule has 1 aromatic rings. The van der Waals surface area contributed by atoms with Crippen LogP contribution >= 0.6 is 33.3 Å². The van der Waals surface area contributed by atoms with E-state index in [0.717, 1.165) is 23.1 Å². The van der Waals surface area contributed by atoms with Crippen LogP contribution < -0.4 is 25.4 Å². The smallest absolute Gasteiger partial charge is 0.229 e. The van der Waals surface area contributed by atoms with E-state index in [1.165, 1.54) is 59.2 Å². The summed E-state index contributed by atoms with van der Waals surface area (Å²) in [5.74, 6) is 9.45. The molecule has 386 valence electrons. The number of hydrogen-bond acceptors (Lipinski definition) is 19. The van der Waals surface area contributed by atoms with Gasteiger partial charge in [0.15, 0.2) is 29.9 Å². The highest BCUT2D eigenvalue weighted by Gasteiger charge is 2.46. The molecule has 14 atom stereocenters. The lowest BCUT2D eigenvalue weighted by molar-refractivity contribution is -0.273. The molecule has 4 fully saturated rings. The number of hydrogen-bond donors (Lipinski definition) is 5. The van der Waals surface area contributed by atoms with E-state index in [1.54, 1.807) is 38.5 Å². The first-order valence-corrected chi connectivity index (χ1v) is 27.2. The molecule has 16 nitrogen and oxygen atoms in total. The van der Waals surface area contributed by atoms with Crippen LogP contribution in [0, 0.1) is 44.0 Å². The van der Waals surface area contributed by atoms with Gasteiger partial charge in [0.2, 0.25) is 17.2 Å². The summed E-state index contributed by atoms with van der Waals surface area (Å²) in [6.07, 6.45) is 7.10. The molecule has 1 aromatic carbocycles. The van der Waals surface area contributed by atoms with Crippen LogP contribution in [0.2, 0.25) is 0 Å². The fourth-order valence-corrected chi connectivity index (χ4v) is 13.2. The van der Waals surface area contributed by atoms with E-state index in [4.69, 9.17) is 54.9 Å². The fourth-order valence-electron chi connectivity index (χ4n) is 9.45. The van der Waals surface area contributed by atoms with Gasteiger partial charge in [-0.1, -0.05) is 77.0 Å². The number of carbonyl (C=O) groups is 2. The third-order valence-electron chi connectivity index (χ3n) is 13.5. The summed E-state index contributed by atoms with van der Waals surface area (Å²) >= 11 is 1.12. The Labute approximate surface area is 424 Å². The number of Topliss-reactive ketones (excluding diaryl/α,β-unsaturated/α-hetero) is 1. The molecule has 6 N–H and O–H groups in total. The van der Waals surface area contributed by atoms with Crippen LogP contribution in [0.3, 0.4) is 0 Å². The maximum Gasteiger partial charge on any atom is 0.229 e. The van der Waals surface area contributed by atoms with Gasteiger partial charge in [-0.25, -0.2) is 0 Å². The summed E-state index contributed by atoms with van der Waals surface area (Å²) in [5, 5.41) is 33.1. The Morgan fingerprint density at radius 1 is 0.914 bits per heavy atom. The standard InChI is InChI=1S/C51H70N2O14S3/c1-11-12-13-14-19-36(41-33(26(2)24-34(54)42(41)52)22-23-68-70-32-17-15-16-18-32)65-39-25-35(55)43(30(6)63-39)53-67-38-21-20-37(29(5)62-38)69-50(58)40-27(3)28(4)46(49(61-10)47(40)59-8)66-51-45(57)48(60-9)44(56)31(7)64-51/h1,12-13,22,26,29-32,35-39,43-45,48,51,53,55-57H,15-18,20-21,23-25,52H2,2-10H3/b13-12-,33-22-/t26?,29?,30?,31-,35?,36-,37-,38?,39?,43+,44?,45+,48+,51?/m0/s1. The third-order valence-corrected chi connectivity index (χ3v) is 17.7. The zero-order chi connectivity index (χ0) is 50.8. The molecule has 0 amide bonds. The van der Waals surface area contributed by atoms with Gasteiger partial charge in [-0.15, -0.1) is 6.42 Å². The zero-order valence-electron chi connectivity index (χ0n) is 41.5. The first kappa shape index (κ1) is 56.1. The maximum atomic E-state index is 14.2. The van der Waals surface area contributed by atoms with Crippen LogP contribution in [-0.2, 0) is 33.3 Å². The van der Waals surface area contributed by atoms with Gasteiger partial charge in [0.25, 0.3) is 0 Å². The second-order valence-corrected chi connectivity index (χ2v) is 22.2. The largest absolute Gasteiger partial charge is 0.492 e. The van der Waals surface area contributed by atoms with Crippen molar-refractivity contribution >= 4 is 44.2 Å². The Bertz CT molecular complexity index is 2190. The maximum absolute atomic E-state index is 14.2.